The fourth-order valence-electron chi connectivity index (χ4n) is 2.68. The van der Waals surface area contributed by atoms with E-state index in [1.807, 2.05) is 12.1 Å². The normalized spacial score (nSPS) is 22.5. The van der Waals surface area contributed by atoms with Crippen molar-refractivity contribution in [1.82, 2.24) is 5.32 Å². The molecule has 1 aromatic rings. The molecule has 3 nitrogen and oxygen atoms in total. The molecule has 2 N–H and O–H groups in total. The van der Waals surface area contributed by atoms with Crippen LogP contribution in [0.15, 0.2) is 18.2 Å². The van der Waals surface area contributed by atoms with Gasteiger partial charge in [0.2, 0.25) is 5.91 Å². The van der Waals surface area contributed by atoms with E-state index in [0.717, 1.165) is 38.0 Å². The Bertz CT molecular complexity index is 467. The largest absolute Gasteiger partial charge is 0.326 e. The molecular formula is C15H21IN2O. The van der Waals surface area contributed by atoms with Crippen LogP contribution in [-0.4, -0.2) is 19.0 Å². The van der Waals surface area contributed by atoms with Crippen LogP contribution in [0, 0.1) is 15.9 Å². The van der Waals surface area contributed by atoms with Crippen molar-refractivity contribution in [1.29, 1.82) is 0 Å². The number of halogens is 1. The molecule has 0 bridgehead atoms. The SMILES string of the molecule is CCCC1(C(=O)Nc2ccc(C)c(I)c2)CCNC1. The maximum atomic E-state index is 12.6. The van der Waals surface area contributed by atoms with Crippen molar-refractivity contribution in [2.75, 3.05) is 18.4 Å². The molecule has 1 aliphatic heterocycles. The Balaban J connectivity index is 2.12. The Hall–Kier alpha value is -0.620. The highest BCUT2D eigenvalue weighted by molar-refractivity contribution is 14.1. The van der Waals surface area contributed by atoms with Crippen LogP contribution in [0.25, 0.3) is 0 Å². The van der Waals surface area contributed by atoms with Gasteiger partial charge in [0.05, 0.1) is 5.41 Å². The van der Waals surface area contributed by atoms with Crippen molar-refractivity contribution < 1.29 is 4.79 Å². The van der Waals surface area contributed by atoms with Crippen molar-refractivity contribution in [3.8, 4) is 0 Å². The van der Waals surface area contributed by atoms with Crippen LogP contribution >= 0.6 is 22.6 Å². The van der Waals surface area contributed by atoms with Gasteiger partial charge in [-0.15, -0.1) is 0 Å². The quantitative estimate of drug-likeness (QED) is 0.797. The average Bonchev–Trinajstić information content (AvgIpc) is 2.84. The third kappa shape index (κ3) is 3.28. The van der Waals surface area contributed by atoms with Gasteiger partial charge in [-0.3, -0.25) is 4.79 Å². The van der Waals surface area contributed by atoms with Crippen LogP contribution < -0.4 is 10.6 Å². The van der Waals surface area contributed by atoms with Crippen LogP contribution in [0.4, 0.5) is 5.69 Å². The Labute approximate surface area is 128 Å². The van der Waals surface area contributed by atoms with E-state index in [0.29, 0.717) is 0 Å². The van der Waals surface area contributed by atoms with E-state index in [1.54, 1.807) is 0 Å². The lowest BCUT2D eigenvalue weighted by Crippen LogP contribution is -2.38. The second kappa shape index (κ2) is 6.22. The Morgan fingerprint density at radius 1 is 1.53 bits per heavy atom. The smallest absolute Gasteiger partial charge is 0.231 e. The summed E-state index contributed by atoms with van der Waals surface area (Å²) >= 11 is 2.30. The van der Waals surface area contributed by atoms with Gasteiger partial charge < -0.3 is 10.6 Å². The predicted octanol–water partition coefficient (Wildman–Crippen LogP) is 3.32. The van der Waals surface area contributed by atoms with Gasteiger partial charge in [-0.05, 0) is 66.6 Å². The molecule has 1 heterocycles. The topological polar surface area (TPSA) is 41.1 Å². The molecule has 0 aliphatic carbocycles. The summed E-state index contributed by atoms with van der Waals surface area (Å²) in [5, 5.41) is 6.42. The first-order valence-corrected chi connectivity index (χ1v) is 7.93. The fourth-order valence-corrected chi connectivity index (χ4v) is 3.19. The summed E-state index contributed by atoms with van der Waals surface area (Å²) in [5.41, 5.74) is 1.93. The van der Waals surface area contributed by atoms with Gasteiger partial charge in [0.15, 0.2) is 0 Å². The molecule has 1 fully saturated rings. The van der Waals surface area contributed by atoms with Crippen molar-refractivity contribution in [2.45, 2.75) is 33.1 Å². The maximum Gasteiger partial charge on any atom is 0.231 e. The Morgan fingerprint density at radius 2 is 2.32 bits per heavy atom. The highest BCUT2D eigenvalue weighted by Crippen LogP contribution is 2.32. The van der Waals surface area contributed by atoms with E-state index >= 15 is 0 Å². The molecule has 0 aromatic heterocycles. The van der Waals surface area contributed by atoms with E-state index < -0.39 is 0 Å². The van der Waals surface area contributed by atoms with Gasteiger partial charge in [-0.25, -0.2) is 0 Å². The molecule has 1 unspecified atom stereocenters. The number of hydrogen-bond acceptors (Lipinski definition) is 2. The van der Waals surface area contributed by atoms with Crippen LogP contribution in [0.5, 0.6) is 0 Å². The lowest BCUT2D eigenvalue weighted by molar-refractivity contribution is -0.125. The standard InChI is InChI=1S/C15H21IN2O/c1-3-6-15(7-8-17-10-15)14(19)18-12-5-4-11(2)13(16)9-12/h4-5,9,17H,3,6-8,10H2,1-2H3,(H,18,19). The zero-order valence-electron chi connectivity index (χ0n) is 11.6. The minimum Gasteiger partial charge on any atom is -0.326 e. The number of rotatable bonds is 4. The fraction of sp³-hybridized carbons (Fsp3) is 0.533. The maximum absolute atomic E-state index is 12.6. The zero-order chi connectivity index (χ0) is 13.9. The van der Waals surface area contributed by atoms with Crippen molar-refractivity contribution >= 4 is 34.2 Å². The summed E-state index contributed by atoms with van der Waals surface area (Å²) in [4.78, 5) is 12.6. The number of benzene rings is 1. The number of carbonyl (C=O) groups is 1. The number of hydrogen-bond donors (Lipinski definition) is 2. The summed E-state index contributed by atoms with van der Waals surface area (Å²) < 4.78 is 1.18. The number of carbonyl (C=O) groups excluding carboxylic acids is 1. The number of amides is 1. The summed E-state index contributed by atoms with van der Waals surface area (Å²) in [7, 11) is 0. The van der Waals surface area contributed by atoms with Gasteiger partial charge >= 0.3 is 0 Å². The molecule has 1 aliphatic rings. The van der Waals surface area contributed by atoms with Crippen molar-refractivity contribution in [3.05, 3.63) is 27.3 Å². The van der Waals surface area contributed by atoms with Crippen LogP contribution in [-0.2, 0) is 4.79 Å². The van der Waals surface area contributed by atoms with E-state index in [1.165, 1.54) is 9.13 Å². The van der Waals surface area contributed by atoms with Gasteiger partial charge in [-0.1, -0.05) is 19.4 Å². The first-order chi connectivity index (χ1) is 9.07. The summed E-state index contributed by atoms with van der Waals surface area (Å²) in [6.07, 6.45) is 2.94. The molecule has 0 saturated carbocycles. The van der Waals surface area contributed by atoms with Crippen LogP contribution in [0.2, 0.25) is 0 Å². The van der Waals surface area contributed by atoms with Crippen molar-refractivity contribution in [3.63, 3.8) is 0 Å². The van der Waals surface area contributed by atoms with E-state index in [4.69, 9.17) is 0 Å². The summed E-state index contributed by atoms with van der Waals surface area (Å²) in [6, 6.07) is 6.07. The molecule has 1 atom stereocenters. The molecule has 1 amide bonds. The first-order valence-electron chi connectivity index (χ1n) is 6.86. The lowest BCUT2D eigenvalue weighted by atomic mass is 9.81. The first kappa shape index (κ1) is 14.8. The molecule has 2 rings (SSSR count). The molecule has 4 heteroatoms. The molecular weight excluding hydrogens is 351 g/mol. The molecule has 1 aromatic carbocycles. The Kier molecular flexibility index (Phi) is 4.84. The van der Waals surface area contributed by atoms with E-state index in [-0.39, 0.29) is 11.3 Å². The highest BCUT2D eigenvalue weighted by Gasteiger charge is 2.40. The molecule has 0 radical (unpaired) electrons. The highest BCUT2D eigenvalue weighted by atomic mass is 127. The van der Waals surface area contributed by atoms with Gasteiger partial charge in [0.1, 0.15) is 0 Å². The van der Waals surface area contributed by atoms with Crippen LogP contribution in [0.1, 0.15) is 31.7 Å². The Morgan fingerprint density at radius 3 is 2.89 bits per heavy atom. The number of anilines is 1. The molecule has 19 heavy (non-hydrogen) atoms. The molecule has 1 saturated heterocycles. The second-order valence-corrected chi connectivity index (χ2v) is 6.54. The predicted molar refractivity (Wildman–Crippen MR) is 87.4 cm³/mol. The van der Waals surface area contributed by atoms with Crippen LogP contribution in [0.3, 0.4) is 0 Å². The van der Waals surface area contributed by atoms with Crippen molar-refractivity contribution in [2.24, 2.45) is 5.41 Å². The monoisotopic (exact) mass is 372 g/mol. The minimum atomic E-state index is -0.217. The van der Waals surface area contributed by atoms with E-state index in [9.17, 15) is 4.79 Å². The summed E-state index contributed by atoms with van der Waals surface area (Å²) in [6.45, 7) is 5.96. The van der Waals surface area contributed by atoms with Gasteiger partial charge in [0.25, 0.3) is 0 Å². The number of aryl methyl sites for hydroxylation is 1. The lowest BCUT2D eigenvalue weighted by Gasteiger charge is -2.26. The van der Waals surface area contributed by atoms with Gasteiger partial charge in [-0.2, -0.15) is 0 Å². The average molecular weight is 372 g/mol. The minimum absolute atomic E-state index is 0.166. The van der Waals surface area contributed by atoms with Gasteiger partial charge in [0, 0.05) is 15.8 Å². The summed E-state index contributed by atoms with van der Waals surface area (Å²) in [5.74, 6) is 0.166. The number of nitrogens with one attached hydrogen (secondary N) is 2. The molecule has 0 spiro atoms. The third-order valence-electron chi connectivity index (χ3n) is 3.88. The zero-order valence-corrected chi connectivity index (χ0v) is 13.7. The second-order valence-electron chi connectivity index (χ2n) is 5.38. The van der Waals surface area contributed by atoms with E-state index in [2.05, 4.69) is 53.1 Å². The molecule has 104 valence electrons. The third-order valence-corrected chi connectivity index (χ3v) is 5.05.